The molecule has 3 heteroatoms. The van der Waals surface area contributed by atoms with Gasteiger partial charge in [0, 0.05) is 11.9 Å². The van der Waals surface area contributed by atoms with Gasteiger partial charge >= 0.3 is 0 Å². The number of carbonyl (C=O) groups is 1. The molecule has 0 saturated carbocycles. The Kier molecular flexibility index (Phi) is 3.36. The van der Waals surface area contributed by atoms with Crippen LogP contribution in [0.3, 0.4) is 0 Å². The van der Waals surface area contributed by atoms with Crippen molar-refractivity contribution >= 4 is 16.7 Å². The second-order valence-electron chi connectivity index (χ2n) is 4.87. The molecule has 1 aliphatic heterocycles. The van der Waals surface area contributed by atoms with E-state index in [0.717, 1.165) is 42.3 Å². The van der Waals surface area contributed by atoms with Gasteiger partial charge in [0.25, 0.3) is 5.91 Å². The molecule has 1 aliphatic rings. The summed E-state index contributed by atoms with van der Waals surface area (Å²) in [6, 6.07) is 14.0. The second kappa shape index (κ2) is 5.31. The quantitative estimate of drug-likeness (QED) is 0.896. The third-order valence-corrected chi connectivity index (χ3v) is 3.50. The van der Waals surface area contributed by atoms with Gasteiger partial charge in [-0.3, -0.25) is 4.79 Å². The standard InChI is InChI=1S/C16H17NO2/c18-16-15(9-3-4-11-17-16)19-14-10-5-7-12-6-1-2-8-13(12)14/h1-2,5-8,10,15H,3-4,9,11H2,(H,17,18). The van der Waals surface area contributed by atoms with Gasteiger partial charge in [-0.05, 0) is 30.7 Å². The Morgan fingerprint density at radius 3 is 2.84 bits per heavy atom. The predicted molar refractivity (Wildman–Crippen MR) is 75.2 cm³/mol. The molecule has 19 heavy (non-hydrogen) atoms. The van der Waals surface area contributed by atoms with E-state index < -0.39 is 0 Å². The van der Waals surface area contributed by atoms with Crippen LogP contribution in [0.5, 0.6) is 5.75 Å². The molecule has 1 atom stereocenters. The largest absolute Gasteiger partial charge is 0.480 e. The molecule has 0 radical (unpaired) electrons. The highest BCUT2D eigenvalue weighted by molar-refractivity contribution is 5.89. The van der Waals surface area contributed by atoms with Crippen molar-refractivity contribution in [2.45, 2.75) is 25.4 Å². The van der Waals surface area contributed by atoms with Crippen LogP contribution < -0.4 is 10.1 Å². The minimum absolute atomic E-state index is 0.00503. The molecule has 1 N–H and O–H groups in total. The lowest BCUT2D eigenvalue weighted by atomic mass is 10.1. The summed E-state index contributed by atoms with van der Waals surface area (Å²) in [6.45, 7) is 0.758. The number of carbonyl (C=O) groups excluding carboxylic acids is 1. The van der Waals surface area contributed by atoms with Crippen LogP contribution in [-0.4, -0.2) is 18.6 Å². The van der Waals surface area contributed by atoms with Crippen molar-refractivity contribution in [1.29, 1.82) is 0 Å². The van der Waals surface area contributed by atoms with Crippen molar-refractivity contribution in [2.24, 2.45) is 0 Å². The molecule has 3 rings (SSSR count). The number of ether oxygens (including phenoxy) is 1. The van der Waals surface area contributed by atoms with Crippen LogP contribution in [0.2, 0.25) is 0 Å². The molecule has 1 saturated heterocycles. The summed E-state index contributed by atoms with van der Waals surface area (Å²) in [4.78, 5) is 11.9. The zero-order valence-electron chi connectivity index (χ0n) is 10.8. The molecule has 2 aromatic rings. The monoisotopic (exact) mass is 255 g/mol. The lowest BCUT2D eigenvalue weighted by molar-refractivity contribution is -0.127. The molecule has 0 bridgehead atoms. The Labute approximate surface area is 112 Å². The predicted octanol–water partition coefficient (Wildman–Crippen LogP) is 2.89. The topological polar surface area (TPSA) is 38.3 Å². The SMILES string of the molecule is O=C1NCCCCC1Oc1cccc2ccccc12. The normalized spacial score (nSPS) is 19.8. The summed E-state index contributed by atoms with van der Waals surface area (Å²) in [6.07, 6.45) is 2.47. The van der Waals surface area contributed by atoms with E-state index in [4.69, 9.17) is 4.74 Å². The van der Waals surface area contributed by atoms with Crippen LogP contribution in [0.4, 0.5) is 0 Å². The molecule has 98 valence electrons. The molecule has 0 aromatic heterocycles. The van der Waals surface area contributed by atoms with E-state index in [2.05, 4.69) is 17.4 Å². The Hall–Kier alpha value is -2.03. The first-order valence-corrected chi connectivity index (χ1v) is 6.77. The van der Waals surface area contributed by atoms with Gasteiger partial charge in [0.1, 0.15) is 5.75 Å². The van der Waals surface area contributed by atoms with Gasteiger partial charge in [-0.2, -0.15) is 0 Å². The van der Waals surface area contributed by atoms with Gasteiger partial charge in [0.2, 0.25) is 0 Å². The molecule has 1 heterocycles. The second-order valence-corrected chi connectivity index (χ2v) is 4.87. The molecule has 0 aliphatic carbocycles. The van der Waals surface area contributed by atoms with E-state index in [1.165, 1.54) is 0 Å². The number of fused-ring (bicyclic) bond motifs is 1. The first-order valence-electron chi connectivity index (χ1n) is 6.77. The molecular weight excluding hydrogens is 238 g/mol. The number of rotatable bonds is 2. The third-order valence-electron chi connectivity index (χ3n) is 3.50. The Morgan fingerprint density at radius 2 is 1.89 bits per heavy atom. The molecule has 0 spiro atoms. The minimum atomic E-state index is -0.367. The summed E-state index contributed by atoms with van der Waals surface area (Å²) >= 11 is 0. The lowest BCUT2D eigenvalue weighted by Crippen LogP contribution is -2.36. The summed E-state index contributed by atoms with van der Waals surface area (Å²) in [5.74, 6) is 0.797. The fraction of sp³-hybridized carbons (Fsp3) is 0.312. The smallest absolute Gasteiger partial charge is 0.261 e. The number of hydrogen-bond donors (Lipinski definition) is 1. The maximum absolute atomic E-state index is 11.9. The van der Waals surface area contributed by atoms with Crippen molar-refractivity contribution < 1.29 is 9.53 Å². The average Bonchev–Trinajstić information content (AvgIpc) is 2.65. The maximum Gasteiger partial charge on any atom is 0.261 e. The van der Waals surface area contributed by atoms with Gasteiger partial charge in [-0.25, -0.2) is 0 Å². The zero-order chi connectivity index (χ0) is 13.1. The molecule has 1 unspecified atom stereocenters. The van der Waals surface area contributed by atoms with E-state index in [-0.39, 0.29) is 12.0 Å². The van der Waals surface area contributed by atoms with Crippen LogP contribution in [0, 0.1) is 0 Å². The number of amides is 1. The number of nitrogens with one attached hydrogen (secondary N) is 1. The summed E-state index contributed by atoms with van der Waals surface area (Å²) in [5, 5.41) is 5.09. The molecule has 1 fully saturated rings. The third kappa shape index (κ3) is 2.55. The fourth-order valence-electron chi connectivity index (χ4n) is 2.48. The van der Waals surface area contributed by atoms with Gasteiger partial charge in [-0.15, -0.1) is 0 Å². The molecule has 1 amide bonds. The zero-order valence-corrected chi connectivity index (χ0v) is 10.8. The average molecular weight is 255 g/mol. The Morgan fingerprint density at radius 1 is 1.05 bits per heavy atom. The number of hydrogen-bond acceptors (Lipinski definition) is 2. The minimum Gasteiger partial charge on any atom is -0.480 e. The maximum atomic E-state index is 11.9. The van der Waals surface area contributed by atoms with Gasteiger partial charge in [0.05, 0.1) is 0 Å². The van der Waals surface area contributed by atoms with E-state index in [1.54, 1.807) is 0 Å². The van der Waals surface area contributed by atoms with Crippen LogP contribution in [-0.2, 0) is 4.79 Å². The first-order chi connectivity index (χ1) is 9.34. The van der Waals surface area contributed by atoms with Crippen molar-refractivity contribution in [2.75, 3.05) is 6.54 Å². The van der Waals surface area contributed by atoms with Crippen LogP contribution in [0.25, 0.3) is 10.8 Å². The van der Waals surface area contributed by atoms with Crippen LogP contribution in [0.15, 0.2) is 42.5 Å². The Bertz CT molecular complexity index is 589. The van der Waals surface area contributed by atoms with Crippen molar-refractivity contribution in [1.82, 2.24) is 5.32 Å². The van der Waals surface area contributed by atoms with Crippen molar-refractivity contribution in [3.05, 3.63) is 42.5 Å². The Balaban J connectivity index is 1.90. The van der Waals surface area contributed by atoms with Crippen LogP contribution >= 0.6 is 0 Å². The molecular formula is C16H17NO2. The first kappa shape index (κ1) is 12.0. The summed E-state index contributed by atoms with van der Waals surface area (Å²) < 4.78 is 5.95. The van der Waals surface area contributed by atoms with E-state index >= 15 is 0 Å². The van der Waals surface area contributed by atoms with Crippen molar-refractivity contribution in [3.63, 3.8) is 0 Å². The lowest BCUT2D eigenvalue weighted by Gasteiger charge is -2.17. The molecule has 2 aromatic carbocycles. The van der Waals surface area contributed by atoms with E-state index in [1.807, 2.05) is 30.3 Å². The summed E-state index contributed by atoms with van der Waals surface area (Å²) in [5.41, 5.74) is 0. The van der Waals surface area contributed by atoms with Gasteiger partial charge in [-0.1, -0.05) is 36.4 Å². The van der Waals surface area contributed by atoms with Crippen LogP contribution in [0.1, 0.15) is 19.3 Å². The fourth-order valence-corrected chi connectivity index (χ4v) is 2.48. The van der Waals surface area contributed by atoms with Gasteiger partial charge < -0.3 is 10.1 Å². The van der Waals surface area contributed by atoms with E-state index in [9.17, 15) is 4.79 Å². The highest BCUT2D eigenvalue weighted by Gasteiger charge is 2.22. The highest BCUT2D eigenvalue weighted by Crippen LogP contribution is 2.27. The van der Waals surface area contributed by atoms with E-state index in [0.29, 0.717) is 0 Å². The highest BCUT2D eigenvalue weighted by atomic mass is 16.5. The van der Waals surface area contributed by atoms with Gasteiger partial charge in [0.15, 0.2) is 6.10 Å². The number of benzene rings is 2. The summed E-state index contributed by atoms with van der Waals surface area (Å²) in [7, 11) is 0. The molecule has 3 nitrogen and oxygen atoms in total. The van der Waals surface area contributed by atoms with Crippen molar-refractivity contribution in [3.8, 4) is 5.75 Å².